The van der Waals surface area contributed by atoms with E-state index >= 15 is 0 Å². The number of aliphatic hydroxyl groups excluding tert-OH is 1. The molecule has 0 radical (unpaired) electrons. The summed E-state index contributed by atoms with van der Waals surface area (Å²) in [5.41, 5.74) is 0. The van der Waals surface area contributed by atoms with Gasteiger partial charge < -0.3 is 5.11 Å². The first-order valence-corrected chi connectivity index (χ1v) is 16.5. The zero-order valence-electron chi connectivity index (χ0n) is 16.1. The van der Waals surface area contributed by atoms with Crippen molar-refractivity contribution in [2.45, 2.75) is 0 Å². The Morgan fingerprint density at radius 1 is 0.219 bits per heavy atom. The second-order valence-electron chi connectivity index (χ2n) is 1.01. The molecule has 0 saturated heterocycles. The number of aliphatic hydroxyl groups is 1. The number of hydrogen-bond donors (Lipinski definition) is 1. The van der Waals surface area contributed by atoms with Crippen molar-refractivity contribution in [2.24, 2.45) is 0 Å². The first-order valence-electron chi connectivity index (χ1n) is 5.79. The summed E-state index contributed by atoms with van der Waals surface area (Å²) in [5.74, 6) is 0. The smallest absolute Gasteiger partial charge is 0.0967 e. The van der Waals surface area contributed by atoms with Gasteiger partial charge in [0.25, 0.3) is 0 Å². The minimum atomic E-state index is 0.194. The number of halogens is 20. The van der Waals surface area contributed by atoms with Crippen LogP contribution in [0.3, 0.4) is 0 Å². The third kappa shape index (κ3) is 1300. The van der Waals surface area contributed by atoms with Gasteiger partial charge in [-0.2, -0.15) is 0 Å². The largest absolute Gasteiger partial charge is 0.400 e. The highest BCUT2D eigenvalue weighted by Crippen LogP contribution is 1.75. The molecule has 0 unspecified atom stereocenters. The van der Waals surface area contributed by atoms with Gasteiger partial charge in [0, 0.05) is 7.11 Å². The molecule has 0 aliphatic carbocycles. The van der Waals surface area contributed by atoms with Gasteiger partial charge in [-0.15, -0.1) is 232 Å². The average molecular weight is 881 g/mol. The Kier molecular flexibility index (Phi) is 421. The van der Waals surface area contributed by atoms with Crippen LogP contribution in [0.2, 0.25) is 0 Å². The molecule has 0 fully saturated rings. The Labute approximate surface area is 293 Å². The monoisotopic (exact) mass is 872 g/mol. The number of rotatable bonds is 0. The Morgan fingerprint density at radius 2 is 0.219 bits per heavy atom. The van der Waals surface area contributed by atoms with Crippen LogP contribution >= 0.6 is 232 Å². The molecule has 0 atom stereocenters. The van der Waals surface area contributed by atoms with Crippen molar-refractivity contribution in [3.05, 3.63) is 0 Å². The lowest BCUT2D eigenvalue weighted by molar-refractivity contribution is 0.399. The molecule has 0 bridgehead atoms. The van der Waals surface area contributed by atoms with Crippen LogP contribution in [0.5, 0.6) is 0 Å². The van der Waals surface area contributed by atoms with Crippen LogP contribution in [0.4, 0.5) is 0 Å². The van der Waals surface area contributed by atoms with Crippen LogP contribution < -0.4 is 0 Å². The lowest BCUT2D eigenvalue weighted by Crippen LogP contribution is -1.25. The number of alkyl halides is 20. The fourth-order valence-electron chi connectivity index (χ4n) is 0. The predicted molar refractivity (Wildman–Crippen MR) is 174 cm³/mol. The minimum Gasteiger partial charge on any atom is -0.400 e. The van der Waals surface area contributed by atoms with E-state index < -0.39 is 0 Å². The highest BCUT2D eigenvalue weighted by molar-refractivity contribution is 6.43. The van der Waals surface area contributed by atoms with Gasteiger partial charge in [0.05, 0.1) is 53.4 Å². The normalized spacial score (nSPS) is 5.81. The second kappa shape index (κ2) is 189. The quantitative estimate of drug-likeness (QED) is 0.240. The fourth-order valence-corrected chi connectivity index (χ4v) is 0. The lowest BCUT2D eigenvalue weighted by atomic mass is 11.8. The first kappa shape index (κ1) is 71.3. The maximum atomic E-state index is 7.00. The first-order chi connectivity index (χ1) is 15.1. The van der Waals surface area contributed by atoms with E-state index in [9.17, 15) is 0 Å². The van der Waals surface area contributed by atoms with E-state index in [2.05, 4.69) is 0 Å². The third-order valence-electron chi connectivity index (χ3n) is 0. The molecule has 0 aliphatic heterocycles. The Hall–Kier alpha value is 5.76. The standard InChI is InChI=1S/10CH2Cl2.CH4O/c10*2-1-3;1-2/h10*1H2;2H,1H3. The molecule has 1 N–H and O–H groups in total. The summed E-state index contributed by atoms with van der Waals surface area (Å²) in [6.07, 6.45) is 0. The van der Waals surface area contributed by atoms with Crippen molar-refractivity contribution in [3.8, 4) is 0 Å². The molecular weight excluding hydrogens is 857 g/mol. The zero-order chi connectivity index (χ0) is 29.1. The van der Waals surface area contributed by atoms with Gasteiger partial charge in [-0.25, -0.2) is 0 Å². The molecule has 21 heteroatoms. The molecule has 0 heterocycles. The fraction of sp³-hybridized carbons (Fsp3) is 1.00. The predicted octanol–water partition coefficient (Wildman–Crippen LogP) is 13.8. The molecule has 32 heavy (non-hydrogen) atoms. The molecule has 0 aliphatic rings. The average Bonchev–Trinajstić information content (AvgIpc) is 2.69. The lowest BCUT2D eigenvalue weighted by Gasteiger charge is -1.42. The van der Waals surface area contributed by atoms with E-state index in [0.29, 0.717) is 0 Å². The summed E-state index contributed by atoms with van der Waals surface area (Å²) in [6.45, 7) is 0. The van der Waals surface area contributed by atoms with E-state index in [1.165, 1.54) is 0 Å². The van der Waals surface area contributed by atoms with Crippen LogP contribution in [0, 0.1) is 0 Å². The molecule has 214 valence electrons. The van der Waals surface area contributed by atoms with Gasteiger partial charge in [-0.05, 0) is 0 Å². The van der Waals surface area contributed by atoms with Crippen molar-refractivity contribution >= 4 is 232 Å². The molecule has 0 amide bonds. The van der Waals surface area contributed by atoms with Gasteiger partial charge in [-0.3, -0.25) is 0 Å². The van der Waals surface area contributed by atoms with Gasteiger partial charge in [0.2, 0.25) is 0 Å². The molecule has 0 aromatic heterocycles. The maximum Gasteiger partial charge on any atom is 0.0967 e. The van der Waals surface area contributed by atoms with Crippen LogP contribution in [0.1, 0.15) is 0 Å². The summed E-state index contributed by atoms with van der Waals surface area (Å²) in [7, 11) is 1.00. The van der Waals surface area contributed by atoms with Crippen molar-refractivity contribution in [3.63, 3.8) is 0 Å². The van der Waals surface area contributed by atoms with E-state index in [1.807, 2.05) is 0 Å². The van der Waals surface area contributed by atoms with Gasteiger partial charge >= 0.3 is 0 Å². The van der Waals surface area contributed by atoms with Crippen LogP contribution in [-0.2, 0) is 0 Å². The van der Waals surface area contributed by atoms with E-state index in [0.717, 1.165) is 7.11 Å². The molecule has 0 rings (SSSR count). The Morgan fingerprint density at radius 3 is 0.219 bits per heavy atom. The molecular formula is C11H24Cl20O. The van der Waals surface area contributed by atoms with Crippen molar-refractivity contribution in [1.29, 1.82) is 0 Å². The van der Waals surface area contributed by atoms with E-state index in [-0.39, 0.29) is 53.4 Å². The topological polar surface area (TPSA) is 20.2 Å². The molecule has 0 aromatic carbocycles. The van der Waals surface area contributed by atoms with Crippen LogP contribution in [0.25, 0.3) is 0 Å². The summed E-state index contributed by atoms with van der Waals surface area (Å²) < 4.78 is 0. The molecule has 1 nitrogen and oxygen atoms in total. The van der Waals surface area contributed by atoms with Gasteiger partial charge in [0.15, 0.2) is 0 Å². The summed E-state index contributed by atoms with van der Waals surface area (Å²) >= 11 is 95.3. The zero-order valence-corrected chi connectivity index (χ0v) is 31.2. The minimum absolute atomic E-state index is 0.194. The SMILES string of the molecule is CO.ClCCl.ClCCl.ClCCl.ClCCl.ClCCl.ClCCl.ClCCl.ClCCl.ClCCl.ClCCl. The third-order valence-corrected chi connectivity index (χ3v) is 0. The summed E-state index contributed by atoms with van der Waals surface area (Å²) in [4.78, 5) is 0. The molecule has 0 aromatic rings. The Balaban J connectivity index is -0.0000000169. The maximum absolute atomic E-state index is 7.00. The van der Waals surface area contributed by atoms with Crippen molar-refractivity contribution < 1.29 is 5.11 Å². The summed E-state index contributed by atoms with van der Waals surface area (Å²) in [5, 5.41) is 8.94. The van der Waals surface area contributed by atoms with Crippen LogP contribution in [0.15, 0.2) is 0 Å². The molecule has 0 spiro atoms. The Bertz CT molecular complexity index is 68.7. The van der Waals surface area contributed by atoms with E-state index in [4.69, 9.17) is 237 Å². The highest BCUT2D eigenvalue weighted by atomic mass is 35.6. The van der Waals surface area contributed by atoms with E-state index in [1.54, 1.807) is 0 Å². The van der Waals surface area contributed by atoms with Gasteiger partial charge in [0.1, 0.15) is 0 Å². The highest BCUT2D eigenvalue weighted by Gasteiger charge is 1.44. The van der Waals surface area contributed by atoms with Gasteiger partial charge in [-0.1, -0.05) is 0 Å². The number of hydrogen-bond acceptors (Lipinski definition) is 1. The summed E-state index contributed by atoms with van der Waals surface area (Å²) in [6, 6.07) is 0. The van der Waals surface area contributed by atoms with Crippen molar-refractivity contribution in [1.82, 2.24) is 0 Å². The van der Waals surface area contributed by atoms with Crippen molar-refractivity contribution in [2.75, 3.05) is 60.5 Å². The second-order valence-corrected chi connectivity index (χ2v) is 9.09. The van der Waals surface area contributed by atoms with Crippen LogP contribution in [-0.4, -0.2) is 65.6 Å². The molecule has 0 saturated carbocycles.